The van der Waals surface area contributed by atoms with E-state index in [4.69, 9.17) is 24.7 Å². The maximum absolute atomic E-state index is 5.68. The molecule has 0 aromatic heterocycles. The lowest BCUT2D eigenvalue weighted by Gasteiger charge is -2.31. The van der Waals surface area contributed by atoms with Crippen LogP contribution in [0, 0.1) is 0 Å². The lowest BCUT2D eigenvalue weighted by atomic mass is 10.0. The minimum Gasteiger partial charge on any atom is -0.490 e. The normalized spacial score (nSPS) is 15.1. The molecule has 1 aliphatic heterocycles. The lowest BCUT2D eigenvalue weighted by Crippen LogP contribution is -2.33. The fraction of sp³-hybridized carbons (Fsp3) is 0.571. The molecule has 5 heteroatoms. The van der Waals surface area contributed by atoms with E-state index in [1.54, 1.807) is 14.2 Å². The van der Waals surface area contributed by atoms with Gasteiger partial charge in [-0.15, -0.1) is 0 Å². The van der Waals surface area contributed by atoms with Crippen molar-refractivity contribution in [1.82, 2.24) is 0 Å². The first-order chi connectivity index (χ1) is 9.25. The van der Waals surface area contributed by atoms with Crippen molar-refractivity contribution in [2.24, 2.45) is 5.73 Å². The van der Waals surface area contributed by atoms with Gasteiger partial charge in [-0.1, -0.05) is 0 Å². The Kier molecular flexibility index (Phi) is 4.63. The molecular formula is C14H21NO4. The van der Waals surface area contributed by atoms with Gasteiger partial charge in [0.05, 0.1) is 13.2 Å². The van der Waals surface area contributed by atoms with Crippen molar-refractivity contribution in [2.75, 3.05) is 34.0 Å². The van der Waals surface area contributed by atoms with Gasteiger partial charge in [0.15, 0.2) is 17.3 Å². The molecule has 0 amide bonds. The summed E-state index contributed by atoms with van der Waals surface area (Å²) >= 11 is 0. The Hall–Kier alpha value is -1.30. The molecule has 0 radical (unpaired) electrons. The molecule has 0 bridgehead atoms. The minimum absolute atomic E-state index is 0.468. The van der Waals surface area contributed by atoms with Crippen molar-refractivity contribution in [3.63, 3.8) is 0 Å². The predicted octanol–water partition coefficient (Wildman–Crippen LogP) is 1.64. The van der Waals surface area contributed by atoms with Gasteiger partial charge < -0.3 is 24.7 Å². The monoisotopic (exact) mass is 267 g/mol. The van der Waals surface area contributed by atoms with E-state index in [1.165, 1.54) is 0 Å². The third-order valence-electron chi connectivity index (χ3n) is 3.32. The highest BCUT2D eigenvalue weighted by atomic mass is 16.7. The van der Waals surface area contributed by atoms with Gasteiger partial charge >= 0.3 is 0 Å². The van der Waals surface area contributed by atoms with Gasteiger partial charge in [-0.2, -0.15) is 0 Å². The van der Waals surface area contributed by atoms with Gasteiger partial charge in [0.1, 0.15) is 0 Å². The van der Waals surface area contributed by atoms with Gasteiger partial charge in [-0.25, -0.2) is 0 Å². The van der Waals surface area contributed by atoms with E-state index in [9.17, 15) is 0 Å². The zero-order valence-corrected chi connectivity index (χ0v) is 11.5. The minimum atomic E-state index is -0.834. The molecular weight excluding hydrogens is 246 g/mol. The average Bonchev–Trinajstić information content (AvgIpc) is 2.69. The fourth-order valence-corrected chi connectivity index (χ4v) is 2.26. The summed E-state index contributed by atoms with van der Waals surface area (Å²) in [6.07, 6.45) is 1.45. The van der Waals surface area contributed by atoms with E-state index < -0.39 is 5.79 Å². The number of hydrogen-bond acceptors (Lipinski definition) is 5. The summed E-state index contributed by atoms with van der Waals surface area (Å²) in [5, 5.41) is 0. The maximum Gasteiger partial charge on any atom is 0.195 e. The molecule has 5 nitrogen and oxygen atoms in total. The van der Waals surface area contributed by atoms with Crippen LogP contribution in [-0.4, -0.2) is 34.0 Å². The first-order valence-corrected chi connectivity index (χ1v) is 6.46. The van der Waals surface area contributed by atoms with Crippen LogP contribution in [0.25, 0.3) is 0 Å². The molecule has 0 saturated heterocycles. The molecule has 1 aromatic rings. The van der Waals surface area contributed by atoms with Gasteiger partial charge in [0.2, 0.25) is 0 Å². The predicted molar refractivity (Wildman–Crippen MR) is 71.4 cm³/mol. The van der Waals surface area contributed by atoms with Crippen LogP contribution >= 0.6 is 0 Å². The number of benzene rings is 1. The van der Waals surface area contributed by atoms with Crippen LogP contribution in [0.15, 0.2) is 18.2 Å². The smallest absolute Gasteiger partial charge is 0.195 e. The number of ether oxygens (including phenoxy) is 4. The van der Waals surface area contributed by atoms with Crippen LogP contribution in [0.2, 0.25) is 0 Å². The summed E-state index contributed by atoms with van der Waals surface area (Å²) in [5.74, 6) is 0.653. The zero-order chi connectivity index (χ0) is 13.7. The van der Waals surface area contributed by atoms with Crippen LogP contribution in [0.4, 0.5) is 0 Å². The molecule has 0 atom stereocenters. The largest absolute Gasteiger partial charge is 0.490 e. The first-order valence-electron chi connectivity index (χ1n) is 6.46. The van der Waals surface area contributed by atoms with Crippen LogP contribution < -0.4 is 15.2 Å². The molecule has 1 aromatic carbocycles. The van der Waals surface area contributed by atoms with E-state index in [-0.39, 0.29) is 0 Å². The van der Waals surface area contributed by atoms with Gasteiger partial charge in [0.25, 0.3) is 0 Å². The molecule has 106 valence electrons. The Morgan fingerprint density at radius 3 is 2.47 bits per heavy atom. The van der Waals surface area contributed by atoms with Crippen molar-refractivity contribution in [3.05, 3.63) is 23.8 Å². The fourth-order valence-electron chi connectivity index (χ4n) is 2.26. The Morgan fingerprint density at radius 1 is 1.16 bits per heavy atom. The van der Waals surface area contributed by atoms with Crippen LogP contribution in [0.1, 0.15) is 18.4 Å². The Bertz CT molecular complexity index is 418. The summed E-state index contributed by atoms with van der Waals surface area (Å²) in [6, 6.07) is 5.72. The molecule has 1 heterocycles. The van der Waals surface area contributed by atoms with Gasteiger partial charge in [-0.05, 0) is 24.7 Å². The molecule has 0 saturated carbocycles. The molecule has 19 heavy (non-hydrogen) atoms. The highest BCUT2D eigenvalue weighted by Gasteiger charge is 2.32. The van der Waals surface area contributed by atoms with Crippen LogP contribution in [0.3, 0.4) is 0 Å². The molecule has 0 fully saturated rings. The molecule has 0 aliphatic carbocycles. The van der Waals surface area contributed by atoms with Gasteiger partial charge in [0, 0.05) is 32.6 Å². The van der Waals surface area contributed by atoms with Crippen LogP contribution in [-0.2, 0) is 15.3 Å². The average molecular weight is 267 g/mol. The first kappa shape index (κ1) is 14.1. The third-order valence-corrected chi connectivity index (χ3v) is 3.32. The van der Waals surface area contributed by atoms with E-state index >= 15 is 0 Å². The van der Waals surface area contributed by atoms with Crippen molar-refractivity contribution in [1.29, 1.82) is 0 Å². The van der Waals surface area contributed by atoms with Crippen molar-refractivity contribution in [2.45, 2.75) is 18.6 Å². The highest BCUT2D eigenvalue weighted by Crippen LogP contribution is 2.37. The number of rotatable bonds is 5. The molecule has 0 spiro atoms. The quantitative estimate of drug-likeness (QED) is 0.822. The number of fused-ring (bicyclic) bond motifs is 1. The van der Waals surface area contributed by atoms with E-state index in [2.05, 4.69) is 0 Å². The molecule has 1 aliphatic rings. The number of methoxy groups -OCH3 is 2. The maximum atomic E-state index is 5.68. The number of nitrogens with two attached hydrogens (primary N) is 1. The molecule has 2 rings (SSSR count). The van der Waals surface area contributed by atoms with E-state index in [1.807, 2.05) is 18.2 Å². The van der Waals surface area contributed by atoms with Gasteiger partial charge in [-0.3, -0.25) is 0 Å². The van der Waals surface area contributed by atoms with Crippen molar-refractivity contribution < 1.29 is 18.9 Å². The standard InChI is InChI=1S/C14H21NO4/c1-16-14(17-2,6-7-15)11-4-5-12-13(10-11)19-9-3-8-18-12/h4-5,10H,3,6-9,15H2,1-2H3. The Labute approximate surface area is 113 Å². The second-order valence-electron chi connectivity index (χ2n) is 4.41. The summed E-state index contributed by atoms with van der Waals surface area (Å²) in [4.78, 5) is 0. The Balaban J connectivity index is 2.35. The second kappa shape index (κ2) is 6.23. The lowest BCUT2D eigenvalue weighted by molar-refractivity contribution is -0.218. The number of hydrogen-bond donors (Lipinski definition) is 1. The third kappa shape index (κ3) is 2.83. The second-order valence-corrected chi connectivity index (χ2v) is 4.41. The molecule has 0 unspecified atom stereocenters. The summed E-state index contributed by atoms with van der Waals surface area (Å²) in [7, 11) is 3.23. The molecule has 2 N–H and O–H groups in total. The summed E-state index contributed by atoms with van der Waals surface area (Å²) in [5.41, 5.74) is 6.53. The zero-order valence-electron chi connectivity index (χ0n) is 11.5. The highest BCUT2D eigenvalue weighted by molar-refractivity contribution is 5.44. The van der Waals surface area contributed by atoms with Crippen molar-refractivity contribution in [3.8, 4) is 11.5 Å². The van der Waals surface area contributed by atoms with Crippen LogP contribution in [0.5, 0.6) is 11.5 Å². The summed E-state index contributed by atoms with van der Waals surface area (Å²) < 4.78 is 22.4. The Morgan fingerprint density at radius 2 is 1.84 bits per heavy atom. The summed E-state index contributed by atoms with van der Waals surface area (Å²) in [6.45, 7) is 1.80. The van der Waals surface area contributed by atoms with E-state index in [0.29, 0.717) is 26.2 Å². The topological polar surface area (TPSA) is 62.9 Å². The SMILES string of the molecule is COC(CCN)(OC)c1ccc2c(c1)OCCCO2. The van der Waals surface area contributed by atoms with Crippen molar-refractivity contribution >= 4 is 0 Å². The van der Waals surface area contributed by atoms with E-state index in [0.717, 1.165) is 23.5 Å².